The molecule has 0 atom stereocenters. The molecule has 3 heteroatoms. The average molecular weight is 801 g/mol. The van der Waals surface area contributed by atoms with Gasteiger partial charge in [-0.05, 0) is 91.0 Å². The van der Waals surface area contributed by atoms with Crippen LogP contribution in [0.15, 0.2) is 223 Å². The summed E-state index contributed by atoms with van der Waals surface area (Å²) in [6, 6.07) is 79.8. The molecule has 292 valence electrons. The first-order chi connectivity index (χ1) is 31.2. The van der Waals surface area contributed by atoms with E-state index in [1.165, 1.54) is 66.8 Å². The highest BCUT2D eigenvalue weighted by Gasteiger charge is 2.59. The van der Waals surface area contributed by atoms with Crippen LogP contribution in [0.1, 0.15) is 44.5 Å². The average Bonchev–Trinajstić information content (AvgIpc) is 3.98. The third kappa shape index (κ3) is 4.43. The van der Waals surface area contributed by atoms with E-state index >= 15 is 0 Å². The van der Waals surface area contributed by atoms with E-state index in [1.807, 2.05) is 6.07 Å². The standard InChI is InChI=1S/C60H36N2O/c1-3-18-37(19-4-1)53-36-54(62-58(61-53)38-20-5-2-6-21-38)43-26-17-25-42-44-35-56-45(41-24-9-16-33-55(41)63-56)34-52(44)60(57(42)43)50-31-14-12-29-48(50)59(49-30-13-15-32-51(49)60)46-27-10-7-22-39(46)40-23-8-11-28-47(40)59/h1-36H. The van der Waals surface area contributed by atoms with Gasteiger partial charge in [0.15, 0.2) is 5.82 Å². The molecule has 2 aromatic heterocycles. The second-order valence-electron chi connectivity index (χ2n) is 17.1. The fraction of sp³-hybridized carbons (Fsp3) is 0.0333. The van der Waals surface area contributed by atoms with Gasteiger partial charge in [0.1, 0.15) is 11.2 Å². The maximum Gasteiger partial charge on any atom is 0.160 e. The fourth-order valence-corrected chi connectivity index (χ4v) is 11.8. The molecular weight excluding hydrogens is 765 g/mol. The zero-order valence-electron chi connectivity index (χ0n) is 34.1. The number of aromatic nitrogens is 2. The molecule has 0 N–H and O–H groups in total. The summed E-state index contributed by atoms with van der Waals surface area (Å²) in [7, 11) is 0. The molecule has 2 spiro atoms. The number of para-hydroxylation sites is 1. The van der Waals surface area contributed by atoms with Gasteiger partial charge in [-0.15, -0.1) is 0 Å². The van der Waals surface area contributed by atoms with Gasteiger partial charge in [0.25, 0.3) is 0 Å². The van der Waals surface area contributed by atoms with E-state index < -0.39 is 10.8 Å². The van der Waals surface area contributed by atoms with Crippen LogP contribution in [-0.2, 0) is 10.8 Å². The highest BCUT2D eigenvalue weighted by Crippen LogP contribution is 2.68. The van der Waals surface area contributed by atoms with Crippen LogP contribution >= 0.6 is 0 Å². The Labute approximate surface area is 364 Å². The lowest BCUT2D eigenvalue weighted by Crippen LogP contribution is -2.44. The van der Waals surface area contributed by atoms with Gasteiger partial charge in [-0.3, -0.25) is 0 Å². The Kier molecular flexibility index (Phi) is 6.97. The fourth-order valence-electron chi connectivity index (χ4n) is 11.8. The number of benzene rings is 9. The minimum atomic E-state index is -0.747. The van der Waals surface area contributed by atoms with E-state index in [4.69, 9.17) is 14.4 Å². The molecule has 0 saturated heterocycles. The first-order valence-corrected chi connectivity index (χ1v) is 21.7. The molecule has 0 amide bonds. The summed E-state index contributed by atoms with van der Waals surface area (Å²) >= 11 is 0. The molecule has 14 rings (SSSR count). The Balaban J connectivity index is 1.16. The summed E-state index contributed by atoms with van der Waals surface area (Å²) in [5.74, 6) is 0.695. The van der Waals surface area contributed by atoms with Crippen LogP contribution in [0.3, 0.4) is 0 Å². The monoisotopic (exact) mass is 800 g/mol. The third-order valence-electron chi connectivity index (χ3n) is 14.2. The molecular formula is C60H36N2O. The topological polar surface area (TPSA) is 38.9 Å². The van der Waals surface area contributed by atoms with E-state index in [0.29, 0.717) is 5.82 Å². The number of rotatable bonds is 3. The molecule has 0 aliphatic heterocycles. The van der Waals surface area contributed by atoms with Gasteiger partial charge in [-0.1, -0.05) is 194 Å². The minimum Gasteiger partial charge on any atom is -0.456 e. The van der Waals surface area contributed by atoms with Crippen molar-refractivity contribution in [2.45, 2.75) is 10.8 Å². The summed E-state index contributed by atoms with van der Waals surface area (Å²) < 4.78 is 6.69. The first-order valence-electron chi connectivity index (χ1n) is 21.7. The molecule has 3 aliphatic carbocycles. The van der Waals surface area contributed by atoms with Crippen molar-refractivity contribution in [1.29, 1.82) is 0 Å². The number of fused-ring (bicyclic) bond motifs is 19. The van der Waals surface area contributed by atoms with Gasteiger partial charge in [-0.25, -0.2) is 9.97 Å². The summed E-state index contributed by atoms with van der Waals surface area (Å²) in [4.78, 5) is 10.8. The van der Waals surface area contributed by atoms with E-state index in [1.54, 1.807) is 0 Å². The Morgan fingerprint density at radius 2 is 0.810 bits per heavy atom. The van der Waals surface area contributed by atoms with Crippen molar-refractivity contribution in [3.63, 3.8) is 0 Å². The number of hydrogen-bond donors (Lipinski definition) is 0. The van der Waals surface area contributed by atoms with Gasteiger partial charge in [0, 0.05) is 27.5 Å². The van der Waals surface area contributed by atoms with E-state index in [-0.39, 0.29) is 0 Å². The lowest BCUT2D eigenvalue weighted by Gasteiger charge is -2.49. The molecule has 63 heavy (non-hydrogen) atoms. The van der Waals surface area contributed by atoms with Crippen LogP contribution in [0.4, 0.5) is 0 Å². The largest absolute Gasteiger partial charge is 0.456 e. The maximum absolute atomic E-state index is 6.69. The Hall–Kier alpha value is -8.14. The predicted molar refractivity (Wildman–Crippen MR) is 254 cm³/mol. The van der Waals surface area contributed by atoms with Crippen LogP contribution in [0.2, 0.25) is 0 Å². The molecule has 0 bridgehead atoms. The van der Waals surface area contributed by atoms with E-state index in [0.717, 1.165) is 50.0 Å². The Morgan fingerprint density at radius 1 is 0.302 bits per heavy atom. The van der Waals surface area contributed by atoms with Crippen LogP contribution in [0.25, 0.3) is 78.1 Å². The van der Waals surface area contributed by atoms with Crippen molar-refractivity contribution in [2.24, 2.45) is 0 Å². The van der Waals surface area contributed by atoms with Crippen molar-refractivity contribution in [2.75, 3.05) is 0 Å². The zero-order valence-corrected chi connectivity index (χ0v) is 34.1. The normalized spacial score (nSPS) is 14.3. The molecule has 9 aromatic carbocycles. The predicted octanol–water partition coefficient (Wildman–Crippen LogP) is 14.4. The van der Waals surface area contributed by atoms with Crippen LogP contribution in [0, 0.1) is 0 Å². The number of furan rings is 1. The molecule has 11 aromatic rings. The van der Waals surface area contributed by atoms with Gasteiger partial charge in [0.05, 0.1) is 22.2 Å². The number of nitrogens with zero attached hydrogens (tertiary/aromatic N) is 2. The zero-order chi connectivity index (χ0) is 41.3. The van der Waals surface area contributed by atoms with Crippen molar-refractivity contribution in [3.05, 3.63) is 263 Å². The van der Waals surface area contributed by atoms with Crippen LogP contribution in [0.5, 0.6) is 0 Å². The molecule has 0 saturated carbocycles. The molecule has 0 unspecified atom stereocenters. The molecule has 3 nitrogen and oxygen atoms in total. The van der Waals surface area contributed by atoms with Crippen LogP contribution in [-0.4, -0.2) is 9.97 Å². The van der Waals surface area contributed by atoms with Crippen molar-refractivity contribution >= 4 is 21.9 Å². The second kappa shape index (κ2) is 12.7. The van der Waals surface area contributed by atoms with Gasteiger partial charge < -0.3 is 4.42 Å². The van der Waals surface area contributed by atoms with Crippen molar-refractivity contribution in [1.82, 2.24) is 9.97 Å². The van der Waals surface area contributed by atoms with Crippen LogP contribution < -0.4 is 0 Å². The maximum atomic E-state index is 6.69. The summed E-state index contributed by atoms with van der Waals surface area (Å²) in [5, 5.41) is 2.23. The smallest absolute Gasteiger partial charge is 0.160 e. The quantitative estimate of drug-likeness (QED) is 0.179. The lowest BCUT2D eigenvalue weighted by molar-refractivity contribution is 0.633. The Morgan fingerprint density at radius 3 is 1.48 bits per heavy atom. The Bertz CT molecular complexity index is 3540. The molecule has 3 aliphatic rings. The third-order valence-corrected chi connectivity index (χ3v) is 14.2. The van der Waals surface area contributed by atoms with Gasteiger partial charge >= 0.3 is 0 Å². The van der Waals surface area contributed by atoms with Crippen molar-refractivity contribution < 1.29 is 4.42 Å². The first kappa shape index (κ1) is 34.6. The van der Waals surface area contributed by atoms with Gasteiger partial charge in [-0.2, -0.15) is 0 Å². The van der Waals surface area contributed by atoms with Crippen molar-refractivity contribution in [3.8, 4) is 56.2 Å². The lowest BCUT2D eigenvalue weighted by atomic mass is 9.52. The SMILES string of the molecule is c1ccc(-c2cc(-c3cccc4c3C3(c5cc6c(cc5-4)oc4ccccc46)c4ccccc4C4(c5ccccc5-c5ccccc54)c4ccccc43)nc(-c3ccccc3)n2)cc1. The van der Waals surface area contributed by atoms with Gasteiger partial charge in [0.2, 0.25) is 0 Å². The molecule has 0 radical (unpaired) electrons. The second-order valence-corrected chi connectivity index (χ2v) is 17.1. The van der Waals surface area contributed by atoms with E-state index in [2.05, 4.69) is 212 Å². The summed E-state index contributed by atoms with van der Waals surface area (Å²) in [6.07, 6.45) is 0. The summed E-state index contributed by atoms with van der Waals surface area (Å²) in [6.45, 7) is 0. The molecule has 2 heterocycles. The highest BCUT2D eigenvalue weighted by atomic mass is 16.3. The summed E-state index contributed by atoms with van der Waals surface area (Å²) in [5.41, 5.74) is 20.5. The van der Waals surface area contributed by atoms with E-state index in [9.17, 15) is 0 Å². The minimum absolute atomic E-state index is 0.550. The molecule has 0 fully saturated rings. The number of hydrogen-bond acceptors (Lipinski definition) is 3. The highest BCUT2D eigenvalue weighted by molar-refractivity contribution is 6.09.